The van der Waals surface area contributed by atoms with E-state index in [0.717, 1.165) is 22.0 Å². The van der Waals surface area contributed by atoms with Crippen LogP contribution in [-0.2, 0) is 12.3 Å². The Hall–Kier alpha value is -1.66. The van der Waals surface area contributed by atoms with E-state index in [0.29, 0.717) is 17.2 Å². The molecule has 6 heteroatoms. The van der Waals surface area contributed by atoms with Gasteiger partial charge in [-0.2, -0.15) is 0 Å². The van der Waals surface area contributed by atoms with E-state index in [4.69, 9.17) is 0 Å². The lowest BCUT2D eigenvalue weighted by atomic mass is 10.2. The Morgan fingerprint density at radius 1 is 1.12 bits per heavy atom. The van der Waals surface area contributed by atoms with Crippen LogP contribution in [0.2, 0.25) is 0 Å². The van der Waals surface area contributed by atoms with E-state index in [1.807, 2.05) is 30.3 Å². The summed E-state index contributed by atoms with van der Waals surface area (Å²) in [7, 11) is 0. The fourth-order valence-corrected chi connectivity index (χ4v) is 4.01. The topological polar surface area (TPSA) is 30.7 Å². The van der Waals surface area contributed by atoms with Crippen molar-refractivity contribution in [2.75, 3.05) is 0 Å². The maximum Gasteiger partial charge on any atom is 0.191 e. The second kappa shape index (κ2) is 7.30. The van der Waals surface area contributed by atoms with E-state index in [9.17, 15) is 4.39 Å². The SMILES string of the molecule is Fc1cc(Br)ccc1CSc1nnc(C2CC2)n1Cc1ccccc1. The van der Waals surface area contributed by atoms with E-state index >= 15 is 0 Å². The third-order valence-corrected chi connectivity index (χ3v) is 5.75. The predicted octanol–water partition coefficient (Wildman–Crippen LogP) is 5.40. The molecule has 0 bridgehead atoms. The van der Waals surface area contributed by atoms with Crippen molar-refractivity contribution in [2.45, 2.75) is 36.2 Å². The molecule has 0 spiro atoms. The Labute approximate surface area is 158 Å². The first-order chi connectivity index (χ1) is 12.2. The summed E-state index contributed by atoms with van der Waals surface area (Å²) >= 11 is 4.83. The summed E-state index contributed by atoms with van der Waals surface area (Å²) in [5.41, 5.74) is 1.90. The summed E-state index contributed by atoms with van der Waals surface area (Å²) in [5.74, 6) is 1.92. The fraction of sp³-hybridized carbons (Fsp3) is 0.263. The first-order valence-electron chi connectivity index (χ1n) is 8.24. The number of rotatable bonds is 6. The van der Waals surface area contributed by atoms with E-state index < -0.39 is 0 Å². The van der Waals surface area contributed by atoms with Crippen LogP contribution >= 0.6 is 27.7 Å². The lowest BCUT2D eigenvalue weighted by Gasteiger charge is -2.10. The second-order valence-corrected chi connectivity index (χ2v) is 8.07. The highest BCUT2D eigenvalue weighted by atomic mass is 79.9. The minimum atomic E-state index is -0.196. The molecule has 1 saturated carbocycles. The van der Waals surface area contributed by atoms with Crippen LogP contribution in [0.5, 0.6) is 0 Å². The normalized spacial score (nSPS) is 14.0. The maximum absolute atomic E-state index is 14.1. The molecule has 1 heterocycles. The Kier molecular flexibility index (Phi) is 4.90. The summed E-state index contributed by atoms with van der Waals surface area (Å²) in [4.78, 5) is 0. The van der Waals surface area contributed by atoms with Gasteiger partial charge < -0.3 is 4.57 Å². The van der Waals surface area contributed by atoms with Crippen molar-refractivity contribution in [2.24, 2.45) is 0 Å². The zero-order valence-electron chi connectivity index (χ0n) is 13.5. The molecule has 3 nitrogen and oxygen atoms in total. The van der Waals surface area contributed by atoms with E-state index in [-0.39, 0.29) is 5.82 Å². The molecule has 1 aliphatic carbocycles. The summed E-state index contributed by atoms with van der Waals surface area (Å²) < 4.78 is 17.0. The first-order valence-corrected chi connectivity index (χ1v) is 10.0. The number of hydrogen-bond donors (Lipinski definition) is 0. The monoisotopic (exact) mass is 417 g/mol. The predicted molar refractivity (Wildman–Crippen MR) is 101 cm³/mol. The number of thioether (sulfide) groups is 1. The molecule has 1 aliphatic rings. The lowest BCUT2D eigenvalue weighted by Crippen LogP contribution is -2.06. The molecule has 0 radical (unpaired) electrons. The molecule has 0 aliphatic heterocycles. The molecule has 0 unspecified atom stereocenters. The van der Waals surface area contributed by atoms with Crippen LogP contribution in [0.3, 0.4) is 0 Å². The average molecular weight is 418 g/mol. The van der Waals surface area contributed by atoms with Gasteiger partial charge in [-0.05, 0) is 36.1 Å². The molecule has 2 aromatic carbocycles. The van der Waals surface area contributed by atoms with Crippen molar-refractivity contribution < 1.29 is 4.39 Å². The Bertz CT molecular complexity index is 878. The molecular weight excluding hydrogens is 401 g/mol. The molecule has 1 aromatic heterocycles. The molecule has 0 amide bonds. The van der Waals surface area contributed by atoms with Gasteiger partial charge in [0.1, 0.15) is 11.6 Å². The van der Waals surface area contributed by atoms with Crippen molar-refractivity contribution >= 4 is 27.7 Å². The van der Waals surface area contributed by atoms with Gasteiger partial charge in [0, 0.05) is 16.1 Å². The van der Waals surface area contributed by atoms with E-state index in [2.05, 4.69) is 42.8 Å². The van der Waals surface area contributed by atoms with Crippen LogP contribution in [0.4, 0.5) is 4.39 Å². The van der Waals surface area contributed by atoms with E-state index in [1.54, 1.807) is 0 Å². The van der Waals surface area contributed by atoms with Gasteiger partial charge in [0.2, 0.25) is 0 Å². The molecule has 128 valence electrons. The number of benzene rings is 2. The minimum absolute atomic E-state index is 0.196. The van der Waals surface area contributed by atoms with Crippen LogP contribution in [0.25, 0.3) is 0 Å². The second-order valence-electron chi connectivity index (χ2n) is 6.21. The maximum atomic E-state index is 14.1. The van der Waals surface area contributed by atoms with Crippen LogP contribution in [-0.4, -0.2) is 14.8 Å². The third kappa shape index (κ3) is 3.96. The van der Waals surface area contributed by atoms with Crippen LogP contribution < -0.4 is 0 Å². The van der Waals surface area contributed by atoms with Gasteiger partial charge in [-0.3, -0.25) is 0 Å². The molecule has 0 N–H and O–H groups in total. The Morgan fingerprint density at radius 3 is 2.64 bits per heavy atom. The van der Waals surface area contributed by atoms with Gasteiger partial charge in [-0.15, -0.1) is 10.2 Å². The summed E-state index contributed by atoms with van der Waals surface area (Å²) in [5, 5.41) is 9.65. The van der Waals surface area contributed by atoms with E-state index in [1.165, 1.54) is 36.2 Å². The van der Waals surface area contributed by atoms with Crippen molar-refractivity contribution in [3.63, 3.8) is 0 Å². The molecule has 0 saturated heterocycles. The van der Waals surface area contributed by atoms with Crippen LogP contribution in [0.15, 0.2) is 58.2 Å². The largest absolute Gasteiger partial charge is 0.301 e. The summed E-state index contributed by atoms with van der Waals surface area (Å²) in [6.07, 6.45) is 2.36. The molecule has 25 heavy (non-hydrogen) atoms. The quantitative estimate of drug-likeness (QED) is 0.503. The van der Waals surface area contributed by atoms with Gasteiger partial charge in [0.05, 0.1) is 6.54 Å². The molecule has 3 aromatic rings. The van der Waals surface area contributed by atoms with Crippen LogP contribution in [0, 0.1) is 5.82 Å². The van der Waals surface area contributed by atoms with Gasteiger partial charge >= 0.3 is 0 Å². The Balaban J connectivity index is 1.56. The lowest BCUT2D eigenvalue weighted by molar-refractivity contribution is 0.616. The minimum Gasteiger partial charge on any atom is -0.301 e. The summed E-state index contributed by atoms with van der Waals surface area (Å²) in [6, 6.07) is 15.5. The van der Waals surface area contributed by atoms with Crippen molar-refractivity contribution in [1.29, 1.82) is 0 Å². The molecule has 4 rings (SSSR count). The van der Waals surface area contributed by atoms with Gasteiger partial charge in [-0.25, -0.2) is 4.39 Å². The van der Waals surface area contributed by atoms with Gasteiger partial charge in [0.25, 0.3) is 0 Å². The highest BCUT2D eigenvalue weighted by Gasteiger charge is 2.30. The Morgan fingerprint density at radius 2 is 1.92 bits per heavy atom. The fourth-order valence-electron chi connectivity index (χ4n) is 2.75. The van der Waals surface area contributed by atoms with Gasteiger partial charge in [-0.1, -0.05) is 64.1 Å². The van der Waals surface area contributed by atoms with Gasteiger partial charge in [0.15, 0.2) is 5.16 Å². The number of aromatic nitrogens is 3. The van der Waals surface area contributed by atoms with Crippen molar-refractivity contribution in [1.82, 2.24) is 14.8 Å². The zero-order valence-corrected chi connectivity index (χ0v) is 15.9. The standard InChI is InChI=1S/C19H17BrFN3S/c20-16-9-8-15(17(21)10-16)12-25-19-23-22-18(14-6-7-14)24(19)11-13-4-2-1-3-5-13/h1-5,8-10,14H,6-7,11-12H2. The average Bonchev–Trinajstić information content (AvgIpc) is 3.38. The smallest absolute Gasteiger partial charge is 0.191 e. The van der Waals surface area contributed by atoms with Crippen molar-refractivity contribution in [3.8, 4) is 0 Å². The number of halogens is 2. The number of hydrogen-bond acceptors (Lipinski definition) is 3. The zero-order chi connectivity index (χ0) is 17.2. The molecular formula is C19H17BrFN3S. The van der Waals surface area contributed by atoms with Crippen molar-refractivity contribution in [3.05, 3.63) is 75.8 Å². The highest BCUT2D eigenvalue weighted by Crippen LogP contribution is 2.40. The van der Waals surface area contributed by atoms with Crippen LogP contribution in [0.1, 0.15) is 35.7 Å². The summed E-state index contributed by atoms with van der Waals surface area (Å²) in [6.45, 7) is 0.755. The highest BCUT2D eigenvalue weighted by molar-refractivity contribution is 9.10. The number of nitrogens with zero attached hydrogens (tertiary/aromatic N) is 3. The third-order valence-electron chi connectivity index (χ3n) is 4.24. The first kappa shape index (κ1) is 16.8. The molecule has 0 atom stereocenters. The molecule has 1 fully saturated rings.